The SMILES string of the molecule is COc1ccccc1NC(=O)[C@@H]1C(=O)C[C@](C)(O)[C@H](C(=O)Nc2ccccc2OC)[C@@H]1c1ccc(Cl)cc1. The summed E-state index contributed by atoms with van der Waals surface area (Å²) in [5, 5.41) is 17.5. The third-order valence-corrected chi connectivity index (χ3v) is 7.07. The average molecular weight is 537 g/mol. The van der Waals surface area contributed by atoms with E-state index in [9.17, 15) is 19.5 Å². The maximum Gasteiger partial charge on any atom is 0.235 e. The number of benzene rings is 3. The van der Waals surface area contributed by atoms with Gasteiger partial charge in [-0.15, -0.1) is 0 Å². The molecule has 0 radical (unpaired) electrons. The summed E-state index contributed by atoms with van der Waals surface area (Å²) in [6, 6.07) is 20.2. The van der Waals surface area contributed by atoms with E-state index in [1.807, 2.05) is 0 Å². The normalized spacial score (nSPS) is 22.9. The van der Waals surface area contributed by atoms with Crippen LogP contribution in [0.25, 0.3) is 0 Å². The lowest BCUT2D eigenvalue weighted by Crippen LogP contribution is -2.56. The number of ether oxygens (including phenoxy) is 2. The Morgan fingerprint density at radius 1 is 0.868 bits per heavy atom. The molecule has 38 heavy (non-hydrogen) atoms. The average Bonchev–Trinajstić information content (AvgIpc) is 2.88. The topological polar surface area (TPSA) is 114 Å². The van der Waals surface area contributed by atoms with Gasteiger partial charge in [-0.2, -0.15) is 0 Å². The molecule has 0 bridgehead atoms. The second kappa shape index (κ2) is 11.2. The van der Waals surface area contributed by atoms with Crippen LogP contribution in [0.15, 0.2) is 72.8 Å². The number of para-hydroxylation sites is 4. The van der Waals surface area contributed by atoms with E-state index in [-0.39, 0.29) is 6.42 Å². The molecule has 1 saturated carbocycles. The van der Waals surface area contributed by atoms with Gasteiger partial charge < -0.3 is 25.2 Å². The first-order valence-electron chi connectivity index (χ1n) is 12.0. The number of carbonyl (C=O) groups excluding carboxylic acids is 3. The van der Waals surface area contributed by atoms with Gasteiger partial charge in [0.15, 0.2) is 0 Å². The smallest absolute Gasteiger partial charge is 0.235 e. The van der Waals surface area contributed by atoms with Gasteiger partial charge in [0.05, 0.1) is 37.1 Å². The van der Waals surface area contributed by atoms with Crippen LogP contribution in [0.2, 0.25) is 5.02 Å². The van der Waals surface area contributed by atoms with Crippen LogP contribution in [0, 0.1) is 11.8 Å². The monoisotopic (exact) mass is 536 g/mol. The predicted molar refractivity (Wildman–Crippen MR) is 145 cm³/mol. The number of aliphatic hydroxyl groups is 1. The molecule has 0 saturated heterocycles. The maximum absolute atomic E-state index is 13.8. The molecule has 3 aromatic rings. The van der Waals surface area contributed by atoms with E-state index in [2.05, 4.69) is 10.6 Å². The summed E-state index contributed by atoms with van der Waals surface area (Å²) in [6.45, 7) is 1.44. The number of halogens is 1. The number of hydrogen-bond donors (Lipinski definition) is 3. The molecule has 2 amide bonds. The van der Waals surface area contributed by atoms with Gasteiger partial charge in [-0.1, -0.05) is 48.0 Å². The third-order valence-electron chi connectivity index (χ3n) is 6.82. The first-order chi connectivity index (χ1) is 18.2. The molecule has 0 aromatic heterocycles. The second-order valence-corrected chi connectivity index (χ2v) is 9.85. The van der Waals surface area contributed by atoms with Crippen LogP contribution in [0.5, 0.6) is 11.5 Å². The molecule has 9 heteroatoms. The van der Waals surface area contributed by atoms with Crippen molar-refractivity contribution < 1.29 is 29.0 Å². The van der Waals surface area contributed by atoms with Gasteiger partial charge in [0.25, 0.3) is 0 Å². The van der Waals surface area contributed by atoms with Crippen molar-refractivity contribution in [3.63, 3.8) is 0 Å². The van der Waals surface area contributed by atoms with Crippen LogP contribution in [0.3, 0.4) is 0 Å². The lowest BCUT2D eigenvalue weighted by molar-refractivity contribution is -0.150. The highest BCUT2D eigenvalue weighted by Crippen LogP contribution is 2.47. The molecule has 4 rings (SSSR count). The minimum Gasteiger partial charge on any atom is -0.495 e. The number of methoxy groups -OCH3 is 2. The van der Waals surface area contributed by atoms with Crippen molar-refractivity contribution in [3.8, 4) is 11.5 Å². The quantitative estimate of drug-likeness (QED) is 0.378. The maximum atomic E-state index is 13.8. The van der Waals surface area contributed by atoms with Crippen LogP contribution >= 0.6 is 11.6 Å². The number of ketones is 1. The summed E-state index contributed by atoms with van der Waals surface area (Å²) in [6.07, 6.45) is -0.384. The summed E-state index contributed by atoms with van der Waals surface area (Å²) in [5.41, 5.74) is -0.440. The Morgan fingerprint density at radius 3 is 1.89 bits per heavy atom. The van der Waals surface area contributed by atoms with Crippen LogP contribution in [-0.4, -0.2) is 42.5 Å². The second-order valence-electron chi connectivity index (χ2n) is 9.41. The van der Waals surface area contributed by atoms with E-state index in [4.69, 9.17) is 21.1 Å². The predicted octanol–water partition coefficient (Wildman–Crippen LogP) is 4.67. The Hall–Kier alpha value is -3.88. The molecule has 0 spiro atoms. The van der Waals surface area contributed by atoms with Crippen molar-refractivity contribution in [2.75, 3.05) is 24.9 Å². The molecule has 0 heterocycles. The van der Waals surface area contributed by atoms with Crippen LogP contribution in [-0.2, 0) is 14.4 Å². The Balaban J connectivity index is 1.78. The Kier molecular flexibility index (Phi) is 8.04. The summed E-state index contributed by atoms with van der Waals surface area (Å²) >= 11 is 6.11. The summed E-state index contributed by atoms with van der Waals surface area (Å²) in [7, 11) is 2.96. The van der Waals surface area contributed by atoms with Crippen molar-refractivity contribution in [1.82, 2.24) is 0 Å². The van der Waals surface area contributed by atoms with Gasteiger partial charge in [0.1, 0.15) is 23.2 Å². The molecule has 1 aliphatic rings. The molecule has 198 valence electrons. The first-order valence-corrected chi connectivity index (χ1v) is 12.4. The largest absolute Gasteiger partial charge is 0.495 e. The lowest BCUT2D eigenvalue weighted by atomic mass is 9.61. The van der Waals surface area contributed by atoms with Crippen LogP contribution in [0.1, 0.15) is 24.8 Å². The molecule has 4 atom stereocenters. The molecule has 1 fully saturated rings. The van der Waals surface area contributed by atoms with Gasteiger partial charge in [-0.05, 0) is 48.9 Å². The minimum absolute atomic E-state index is 0.384. The first kappa shape index (κ1) is 27.2. The molecule has 0 unspecified atom stereocenters. The zero-order chi connectivity index (χ0) is 27.4. The number of nitrogens with one attached hydrogen (secondary N) is 2. The Bertz CT molecular complexity index is 1340. The fourth-order valence-electron chi connectivity index (χ4n) is 5.09. The van der Waals surface area contributed by atoms with Gasteiger partial charge in [0.2, 0.25) is 11.8 Å². The summed E-state index contributed by atoms with van der Waals surface area (Å²) in [4.78, 5) is 41.0. The highest BCUT2D eigenvalue weighted by atomic mass is 35.5. The molecule has 3 N–H and O–H groups in total. The number of rotatable bonds is 7. The number of amides is 2. The highest BCUT2D eigenvalue weighted by molar-refractivity contribution is 6.30. The van der Waals surface area contributed by atoms with E-state index >= 15 is 0 Å². The van der Waals surface area contributed by atoms with E-state index in [0.29, 0.717) is 33.5 Å². The summed E-state index contributed by atoms with van der Waals surface area (Å²) < 4.78 is 10.7. The lowest BCUT2D eigenvalue weighted by Gasteiger charge is -2.44. The zero-order valence-electron chi connectivity index (χ0n) is 21.2. The molecular formula is C29H29ClN2O6. The molecular weight excluding hydrogens is 508 g/mol. The van der Waals surface area contributed by atoms with Crippen molar-refractivity contribution in [1.29, 1.82) is 0 Å². The van der Waals surface area contributed by atoms with E-state index < -0.39 is 41.0 Å². The highest BCUT2D eigenvalue weighted by Gasteiger charge is 2.56. The van der Waals surface area contributed by atoms with E-state index in [1.54, 1.807) is 72.8 Å². The van der Waals surface area contributed by atoms with Crippen molar-refractivity contribution in [3.05, 3.63) is 83.4 Å². The molecule has 1 aliphatic carbocycles. The van der Waals surface area contributed by atoms with Gasteiger partial charge in [0, 0.05) is 17.4 Å². The molecule has 0 aliphatic heterocycles. The molecule has 3 aromatic carbocycles. The Labute approximate surface area is 225 Å². The third kappa shape index (κ3) is 5.51. The van der Waals surface area contributed by atoms with Gasteiger partial charge in [-0.25, -0.2) is 0 Å². The number of anilines is 2. The van der Waals surface area contributed by atoms with Crippen LogP contribution in [0.4, 0.5) is 11.4 Å². The van der Waals surface area contributed by atoms with Gasteiger partial charge in [-0.3, -0.25) is 14.4 Å². The van der Waals surface area contributed by atoms with Crippen molar-refractivity contribution in [2.24, 2.45) is 11.8 Å². The number of carbonyl (C=O) groups is 3. The van der Waals surface area contributed by atoms with Crippen molar-refractivity contribution in [2.45, 2.75) is 24.9 Å². The van der Waals surface area contributed by atoms with Crippen molar-refractivity contribution >= 4 is 40.6 Å². The fraction of sp³-hybridized carbons (Fsp3) is 0.276. The van der Waals surface area contributed by atoms with Gasteiger partial charge >= 0.3 is 0 Å². The van der Waals surface area contributed by atoms with Crippen LogP contribution < -0.4 is 20.1 Å². The Morgan fingerprint density at radius 2 is 1.37 bits per heavy atom. The molecule has 8 nitrogen and oxygen atoms in total. The number of Topliss-reactive ketones (excluding diaryl/α,β-unsaturated/α-hetero) is 1. The number of hydrogen-bond acceptors (Lipinski definition) is 6. The summed E-state index contributed by atoms with van der Waals surface area (Å²) in [5.74, 6) is -4.22. The fourth-order valence-corrected chi connectivity index (χ4v) is 5.22. The van der Waals surface area contributed by atoms with E-state index in [1.165, 1.54) is 21.1 Å². The minimum atomic E-state index is -1.74. The van der Waals surface area contributed by atoms with E-state index in [0.717, 1.165) is 0 Å². The standard InChI is InChI=1S/C29H29ClN2O6/c1-29(36)16-21(33)25(27(34)31-19-8-4-6-10-22(19)37-2)24(17-12-14-18(30)15-13-17)26(29)28(35)32-20-9-5-7-11-23(20)38-3/h4-15,24-26,36H,16H2,1-3H3,(H,31,34)(H,32,35)/t24-,25-,26+,29+/m1/s1. The zero-order valence-corrected chi connectivity index (χ0v) is 22.0.